The summed E-state index contributed by atoms with van der Waals surface area (Å²) in [5, 5.41) is 19.1. The van der Waals surface area contributed by atoms with Gasteiger partial charge in [-0.2, -0.15) is 0 Å². The second kappa shape index (κ2) is 40.4. The number of hydrogen-bond donors (Lipinski definition) is 3. The molecule has 10 nitrogen and oxygen atoms in total. The Morgan fingerprint density at radius 1 is 0.500 bits per heavy atom. The largest absolute Gasteiger partial charge is 0.472 e. The molecule has 11 heteroatoms. The van der Waals surface area contributed by atoms with E-state index in [1.54, 1.807) is 0 Å². The number of esters is 2. The number of ether oxygens (including phenoxy) is 2. The Morgan fingerprint density at radius 2 is 0.839 bits per heavy atom. The predicted octanol–water partition coefficient (Wildman–Crippen LogP) is 11.1. The molecule has 0 aromatic rings. The second-order valence-electron chi connectivity index (χ2n) is 13.6. The molecule has 0 aliphatic heterocycles. The number of phosphoric ester groups is 1. The van der Waals surface area contributed by atoms with Crippen LogP contribution in [0.3, 0.4) is 0 Å². The molecule has 0 saturated heterocycles. The zero-order chi connectivity index (χ0) is 41.2. The minimum atomic E-state index is -4.65. The van der Waals surface area contributed by atoms with E-state index in [1.165, 1.54) is 12.8 Å². The quantitative estimate of drug-likeness (QED) is 0.0238. The zero-order valence-corrected chi connectivity index (χ0v) is 35.5. The van der Waals surface area contributed by atoms with Crippen molar-refractivity contribution in [1.29, 1.82) is 0 Å². The first-order valence-electron chi connectivity index (χ1n) is 21.0. The van der Waals surface area contributed by atoms with Crippen molar-refractivity contribution in [2.24, 2.45) is 0 Å². The summed E-state index contributed by atoms with van der Waals surface area (Å²) in [5.41, 5.74) is 0. The van der Waals surface area contributed by atoms with E-state index in [2.05, 4.69) is 98.9 Å². The van der Waals surface area contributed by atoms with E-state index in [9.17, 15) is 29.3 Å². The Bertz CT molecular complexity index is 1200. The van der Waals surface area contributed by atoms with Gasteiger partial charge in [0.05, 0.1) is 26.4 Å². The Balaban J connectivity index is 4.03. The van der Waals surface area contributed by atoms with Crippen molar-refractivity contribution in [2.75, 3.05) is 26.4 Å². The van der Waals surface area contributed by atoms with Crippen LogP contribution in [-0.4, -0.2) is 65.7 Å². The normalized spacial score (nSPS) is 14.7. The van der Waals surface area contributed by atoms with Gasteiger partial charge in [-0.1, -0.05) is 137 Å². The highest BCUT2D eigenvalue weighted by Crippen LogP contribution is 2.43. The number of carbonyl (C=O) groups excluding carboxylic acids is 2. The van der Waals surface area contributed by atoms with Crippen LogP contribution in [0, 0.1) is 0 Å². The average Bonchev–Trinajstić information content (AvgIpc) is 3.19. The fourth-order valence-electron chi connectivity index (χ4n) is 5.10. The van der Waals surface area contributed by atoms with Crippen LogP contribution in [0.4, 0.5) is 0 Å². The molecule has 0 amide bonds. The van der Waals surface area contributed by atoms with Gasteiger partial charge in [0.25, 0.3) is 0 Å². The monoisotopic (exact) mass is 807 g/mol. The van der Waals surface area contributed by atoms with E-state index >= 15 is 0 Å². The highest BCUT2D eigenvalue weighted by Gasteiger charge is 2.27. The number of hydrogen-bond acceptors (Lipinski definition) is 9. The average molecular weight is 807 g/mol. The highest BCUT2D eigenvalue weighted by molar-refractivity contribution is 7.47. The third-order valence-electron chi connectivity index (χ3n) is 8.34. The van der Waals surface area contributed by atoms with Crippen LogP contribution in [-0.2, 0) is 32.7 Å². The Morgan fingerprint density at radius 3 is 1.23 bits per heavy atom. The van der Waals surface area contributed by atoms with Crippen molar-refractivity contribution in [1.82, 2.24) is 0 Å². The summed E-state index contributed by atoms with van der Waals surface area (Å²) in [5.74, 6) is -1.07. The SMILES string of the molecule is CC/C=C\C/C=C\C/C=C\C/C=C\C/C=C\CCCCCC(=O)OC(CO)COP(=O)(O)OCC(CO)OC(=O)CCCCCCC/C=C\C/C=C\CCCC. The van der Waals surface area contributed by atoms with Crippen LogP contribution >= 0.6 is 7.82 Å². The van der Waals surface area contributed by atoms with Crippen LogP contribution in [0.2, 0.25) is 0 Å². The lowest BCUT2D eigenvalue weighted by Crippen LogP contribution is -2.28. The predicted molar refractivity (Wildman–Crippen MR) is 228 cm³/mol. The first-order valence-corrected chi connectivity index (χ1v) is 22.5. The zero-order valence-electron chi connectivity index (χ0n) is 34.6. The lowest BCUT2D eigenvalue weighted by Gasteiger charge is -2.20. The summed E-state index contributed by atoms with van der Waals surface area (Å²) in [7, 11) is -4.65. The summed E-state index contributed by atoms with van der Waals surface area (Å²) >= 11 is 0. The van der Waals surface area contributed by atoms with Crippen molar-refractivity contribution in [3.05, 3.63) is 85.1 Å². The van der Waals surface area contributed by atoms with Crippen LogP contribution in [0.25, 0.3) is 0 Å². The molecule has 0 rings (SSSR count). The molecule has 320 valence electrons. The molecular weight excluding hydrogens is 731 g/mol. The van der Waals surface area contributed by atoms with E-state index < -0.39 is 58.4 Å². The number of phosphoric acid groups is 1. The minimum absolute atomic E-state index is 0.147. The van der Waals surface area contributed by atoms with Gasteiger partial charge in [-0.3, -0.25) is 18.6 Å². The Hall–Kier alpha value is -2.85. The van der Waals surface area contributed by atoms with E-state index in [0.29, 0.717) is 12.8 Å². The van der Waals surface area contributed by atoms with Gasteiger partial charge in [0.15, 0.2) is 0 Å². The lowest BCUT2D eigenvalue weighted by molar-refractivity contribution is -0.153. The van der Waals surface area contributed by atoms with Gasteiger partial charge in [-0.25, -0.2) is 4.57 Å². The number of rotatable bonds is 38. The van der Waals surface area contributed by atoms with Gasteiger partial charge in [-0.15, -0.1) is 0 Å². The minimum Gasteiger partial charge on any atom is -0.457 e. The second-order valence-corrected chi connectivity index (χ2v) is 15.0. The van der Waals surface area contributed by atoms with Gasteiger partial charge in [0.1, 0.15) is 12.2 Å². The molecular formula is C45H75O10P. The van der Waals surface area contributed by atoms with Gasteiger partial charge >= 0.3 is 19.8 Å². The maximum absolute atomic E-state index is 12.4. The molecule has 0 bridgehead atoms. The third-order valence-corrected chi connectivity index (χ3v) is 9.29. The Labute approximate surface area is 339 Å². The fraction of sp³-hybridized carbons (Fsp3) is 0.644. The van der Waals surface area contributed by atoms with Gasteiger partial charge < -0.3 is 24.6 Å². The van der Waals surface area contributed by atoms with Crippen LogP contribution in [0.5, 0.6) is 0 Å². The summed E-state index contributed by atoms with van der Waals surface area (Å²) in [6, 6.07) is 0. The molecule has 0 aliphatic rings. The van der Waals surface area contributed by atoms with Crippen molar-refractivity contribution >= 4 is 19.8 Å². The van der Waals surface area contributed by atoms with E-state index in [4.69, 9.17) is 18.5 Å². The maximum atomic E-state index is 12.4. The molecule has 0 aliphatic carbocycles. The van der Waals surface area contributed by atoms with Crippen LogP contribution < -0.4 is 0 Å². The standard InChI is InChI=1S/C45H75O10P/c1-3-5-7-9-11-13-15-17-19-20-21-22-23-25-27-29-31-33-35-37-45(49)55-43(39-47)41-53-56(50,51)52-40-42(38-46)54-44(48)36-34-32-30-28-26-24-18-16-14-12-10-8-6-4-2/h5,7,10-13,16-19,21-22,25,27,42-43,46-47H,3-4,6,8-9,14-15,20,23-24,26,28-41H2,1-2H3,(H,50,51)/b7-5-,12-10-,13-11-,18-16-,19-17-,22-21-,27-25-. The first-order chi connectivity index (χ1) is 27.3. The molecule has 3 N–H and O–H groups in total. The molecule has 0 spiro atoms. The molecule has 0 heterocycles. The van der Waals surface area contributed by atoms with Crippen molar-refractivity contribution in [2.45, 2.75) is 161 Å². The molecule has 56 heavy (non-hydrogen) atoms. The van der Waals surface area contributed by atoms with Crippen molar-refractivity contribution in [3.8, 4) is 0 Å². The van der Waals surface area contributed by atoms with E-state index in [-0.39, 0.29) is 12.8 Å². The maximum Gasteiger partial charge on any atom is 0.472 e. The molecule has 3 atom stereocenters. The summed E-state index contributed by atoms with van der Waals surface area (Å²) < 4.78 is 32.5. The molecule has 0 radical (unpaired) electrons. The first kappa shape index (κ1) is 53.1. The van der Waals surface area contributed by atoms with Crippen molar-refractivity contribution in [3.63, 3.8) is 0 Å². The topological polar surface area (TPSA) is 149 Å². The molecule has 0 saturated carbocycles. The molecule has 0 aromatic carbocycles. The number of aliphatic hydroxyl groups excluding tert-OH is 2. The number of allylic oxidation sites excluding steroid dienone is 14. The highest BCUT2D eigenvalue weighted by atomic mass is 31.2. The summed E-state index contributed by atoms with van der Waals surface area (Å²) in [6.07, 6.45) is 47.0. The number of aliphatic hydroxyl groups is 2. The van der Waals surface area contributed by atoms with Crippen molar-refractivity contribution < 1.29 is 47.8 Å². The lowest BCUT2D eigenvalue weighted by atomic mass is 10.1. The number of carbonyl (C=O) groups is 2. The van der Waals surface area contributed by atoms with E-state index in [0.717, 1.165) is 96.3 Å². The van der Waals surface area contributed by atoms with Crippen LogP contribution in [0.15, 0.2) is 85.1 Å². The van der Waals surface area contributed by atoms with E-state index in [1.807, 2.05) is 0 Å². The molecule has 0 fully saturated rings. The molecule has 0 aromatic heterocycles. The van der Waals surface area contributed by atoms with Gasteiger partial charge in [-0.05, 0) is 83.5 Å². The third kappa shape index (κ3) is 38.0. The smallest absolute Gasteiger partial charge is 0.457 e. The fourth-order valence-corrected chi connectivity index (χ4v) is 5.88. The van der Waals surface area contributed by atoms with Crippen LogP contribution in [0.1, 0.15) is 149 Å². The number of unbranched alkanes of at least 4 members (excludes halogenated alkanes) is 10. The van der Waals surface area contributed by atoms with Gasteiger partial charge in [0.2, 0.25) is 0 Å². The summed E-state index contributed by atoms with van der Waals surface area (Å²) in [4.78, 5) is 34.5. The van der Waals surface area contributed by atoms with Gasteiger partial charge in [0, 0.05) is 12.8 Å². The Kier molecular flexibility index (Phi) is 38.3. The summed E-state index contributed by atoms with van der Waals surface area (Å²) in [6.45, 7) is 1.97. The molecule has 3 unspecified atom stereocenters.